The molecule has 2 aromatic carbocycles. The van der Waals surface area contributed by atoms with Gasteiger partial charge in [-0.1, -0.05) is 37.3 Å². The maximum Gasteiger partial charge on any atom is 0.120 e. The molecule has 0 bridgehead atoms. The van der Waals surface area contributed by atoms with Gasteiger partial charge in [-0.25, -0.2) is 0 Å². The first-order chi connectivity index (χ1) is 9.20. The molecule has 0 unspecified atom stereocenters. The van der Waals surface area contributed by atoms with E-state index >= 15 is 0 Å². The van der Waals surface area contributed by atoms with E-state index in [1.807, 2.05) is 49.4 Å². The Bertz CT molecular complexity index is 564. The predicted molar refractivity (Wildman–Crippen MR) is 78.7 cm³/mol. The third kappa shape index (κ3) is 3.35. The quantitative estimate of drug-likeness (QED) is 0.632. The van der Waals surface area contributed by atoms with Crippen molar-refractivity contribution in [1.82, 2.24) is 0 Å². The third-order valence-corrected chi connectivity index (χ3v) is 2.95. The molecule has 0 aliphatic carbocycles. The standard InChI is InChI=1S/C16H18N2O/c1-2-15(17)14-10-13(8-9-16(14)18)19-11-12-6-4-3-5-7-12/h3-10,17H,2,11,18H2,1H3. The minimum Gasteiger partial charge on any atom is -0.489 e. The number of nitrogen functional groups attached to an aromatic ring is 1. The topological polar surface area (TPSA) is 59.1 Å². The zero-order valence-electron chi connectivity index (χ0n) is 11.0. The van der Waals surface area contributed by atoms with Gasteiger partial charge in [0.05, 0.1) is 0 Å². The summed E-state index contributed by atoms with van der Waals surface area (Å²) < 4.78 is 5.73. The van der Waals surface area contributed by atoms with Crippen LogP contribution in [0.5, 0.6) is 5.75 Å². The summed E-state index contributed by atoms with van der Waals surface area (Å²) in [5.41, 5.74) is 8.91. The molecule has 98 valence electrons. The molecule has 0 heterocycles. The van der Waals surface area contributed by atoms with Gasteiger partial charge in [0.2, 0.25) is 0 Å². The van der Waals surface area contributed by atoms with Crippen LogP contribution in [0.25, 0.3) is 0 Å². The Labute approximate surface area is 113 Å². The zero-order valence-corrected chi connectivity index (χ0v) is 11.0. The lowest BCUT2D eigenvalue weighted by atomic mass is 10.1. The SMILES string of the molecule is CCC(=N)c1cc(OCc2ccccc2)ccc1N. The Balaban J connectivity index is 2.11. The van der Waals surface area contributed by atoms with Crippen molar-refractivity contribution in [3.8, 4) is 5.75 Å². The molecule has 3 N–H and O–H groups in total. The summed E-state index contributed by atoms with van der Waals surface area (Å²) in [6.45, 7) is 2.46. The second-order valence-corrected chi connectivity index (χ2v) is 4.36. The van der Waals surface area contributed by atoms with Crippen molar-refractivity contribution >= 4 is 11.4 Å². The summed E-state index contributed by atoms with van der Waals surface area (Å²) in [6, 6.07) is 15.5. The Hall–Kier alpha value is -2.29. The molecule has 0 aromatic heterocycles. The highest BCUT2D eigenvalue weighted by molar-refractivity contribution is 6.02. The van der Waals surface area contributed by atoms with Crippen LogP contribution in [0.15, 0.2) is 48.5 Å². The second kappa shape index (κ2) is 6.05. The minimum absolute atomic E-state index is 0.518. The molecule has 3 heteroatoms. The van der Waals surface area contributed by atoms with Gasteiger partial charge in [0, 0.05) is 17.0 Å². The van der Waals surface area contributed by atoms with Gasteiger partial charge in [-0.05, 0) is 30.2 Å². The Kier molecular flexibility index (Phi) is 4.18. The lowest BCUT2D eigenvalue weighted by molar-refractivity contribution is 0.306. The summed E-state index contributed by atoms with van der Waals surface area (Å²) in [4.78, 5) is 0. The van der Waals surface area contributed by atoms with Crippen LogP contribution in [0.4, 0.5) is 5.69 Å². The smallest absolute Gasteiger partial charge is 0.120 e. The fourth-order valence-corrected chi connectivity index (χ4v) is 1.82. The molecule has 0 spiro atoms. The van der Waals surface area contributed by atoms with Crippen molar-refractivity contribution in [2.45, 2.75) is 20.0 Å². The van der Waals surface area contributed by atoms with Gasteiger partial charge in [-0.2, -0.15) is 0 Å². The maximum absolute atomic E-state index is 7.88. The molecular formula is C16H18N2O. The van der Waals surface area contributed by atoms with Crippen LogP contribution in [0, 0.1) is 5.41 Å². The summed E-state index contributed by atoms with van der Waals surface area (Å²) in [5, 5.41) is 7.88. The predicted octanol–water partition coefficient (Wildman–Crippen LogP) is 3.63. The van der Waals surface area contributed by atoms with E-state index in [0.717, 1.165) is 16.9 Å². The number of anilines is 1. The molecule has 2 aromatic rings. The van der Waals surface area contributed by atoms with E-state index in [4.69, 9.17) is 15.9 Å². The molecule has 0 saturated heterocycles. The normalized spacial score (nSPS) is 10.2. The summed E-state index contributed by atoms with van der Waals surface area (Å²) in [7, 11) is 0. The Morgan fingerprint density at radius 2 is 1.89 bits per heavy atom. The highest BCUT2D eigenvalue weighted by atomic mass is 16.5. The van der Waals surface area contributed by atoms with Gasteiger partial charge < -0.3 is 15.9 Å². The van der Waals surface area contributed by atoms with Crippen molar-refractivity contribution in [3.63, 3.8) is 0 Å². The third-order valence-electron chi connectivity index (χ3n) is 2.95. The number of nitrogens with one attached hydrogen (secondary N) is 1. The average Bonchev–Trinajstić information content (AvgIpc) is 2.46. The van der Waals surface area contributed by atoms with Crippen LogP contribution in [-0.4, -0.2) is 5.71 Å². The van der Waals surface area contributed by atoms with Crippen LogP contribution in [0.1, 0.15) is 24.5 Å². The molecule has 2 rings (SSSR count). The summed E-state index contributed by atoms with van der Waals surface area (Å²) in [6.07, 6.45) is 0.659. The monoisotopic (exact) mass is 254 g/mol. The number of rotatable bonds is 5. The second-order valence-electron chi connectivity index (χ2n) is 4.36. The van der Waals surface area contributed by atoms with Crippen molar-refractivity contribution in [1.29, 1.82) is 5.41 Å². The largest absolute Gasteiger partial charge is 0.489 e. The molecule has 0 radical (unpaired) electrons. The van der Waals surface area contributed by atoms with Crippen LogP contribution in [-0.2, 0) is 6.61 Å². The van der Waals surface area contributed by atoms with Crippen LogP contribution in [0.3, 0.4) is 0 Å². The van der Waals surface area contributed by atoms with Gasteiger partial charge in [0.25, 0.3) is 0 Å². The first-order valence-corrected chi connectivity index (χ1v) is 6.34. The molecule has 0 fully saturated rings. The molecule has 0 atom stereocenters. The van der Waals surface area contributed by atoms with E-state index in [0.29, 0.717) is 24.4 Å². The maximum atomic E-state index is 7.88. The summed E-state index contributed by atoms with van der Waals surface area (Å²) >= 11 is 0. The molecule has 0 aliphatic rings. The molecule has 0 saturated carbocycles. The van der Waals surface area contributed by atoms with Gasteiger partial charge in [-0.15, -0.1) is 0 Å². The van der Waals surface area contributed by atoms with E-state index < -0.39 is 0 Å². The van der Waals surface area contributed by atoms with Crippen LogP contribution >= 0.6 is 0 Å². The van der Waals surface area contributed by atoms with Gasteiger partial charge in [0.15, 0.2) is 0 Å². The number of ether oxygens (including phenoxy) is 1. The van der Waals surface area contributed by atoms with E-state index in [-0.39, 0.29) is 0 Å². The first-order valence-electron chi connectivity index (χ1n) is 6.34. The first kappa shape index (κ1) is 13.1. The van der Waals surface area contributed by atoms with Gasteiger partial charge in [-0.3, -0.25) is 0 Å². The lowest BCUT2D eigenvalue weighted by Crippen LogP contribution is -2.03. The van der Waals surface area contributed by atoms with Crippen molar-refractivity contribution in [2.24, 2.45) is 0 Å². The number of nitrogens with two attached hydrogens (primary N) is 1. The highest BCUT2D eigenvalue weighted by Gasteiger charge is 2.06. The average molecular weight is 254 g/mol. The zero-order chi connectivity index (χ0) is 13.7. The number of benzene rings is 2. The Morgan fingerprint density at radius 1 is 1.16 bits per heavy atom. The Morgan fingerprint density at radius 3 is 2.58 bits per heavy atom. The summed E-state index contributed by atoms with van der Waals surface area (Å²) in [5.74, 6) is 0.742. The highest BCUT2D eigenvalue weighted by Crippen LogP contribution is 2.22. The van der Waals surface area contributed by atoms with Crippen molar-refractivity contribution < 1.29 is 4.74 Å². The molecule has 0 aliphatic heterocycles. The van der Waals surface area contributed by atoms with Crippen molar-refractivity contribution in [2.75, 3.05) is 5.73 Å². The van der Waals surface area contributed by atoms with Crippen LogP contribution < -0.4 is 10.5 Å². The van der Waals surface area contributed by atoms with E-state index in [2.05, 4.69) is 0 Å². The molecular weight excluding hydrogens is 236 g/mol. The fraction of sp³-hybridized carbons (Fsp3) is 0.188. The number of hydrogen-bond acceptors (Lipinski definition) is 3. The minimum atomic E-state index is 0.518. The fourth-order valence-electron chi connectivity index (χ4n) is 1.82. The van der Waals surface area contributed by atoms with Gasteiger partial charge >= 0.3 is 0 Å². The van der Waals surface area contributed by atoms with Crippen molar-refractivity contribution in [3.05, 3.63) is 59.7 Å². The number of hydrogen-bond donors (Lipinski definition) is 2. The van der Waals surface area contributed by atoms with E-state index in [9.17, 15) is 0 Å². The van der Waals surface area contributed by atoms with E-state index in [1.165, 1.54) is 0 Å². The van der Waals surface area contributed by atoms with Gasteiger partial charge in [0.1, 0.15) is 12.4 Å². The molecule has 3 nitrogen and oxygen atoms in total. The lowest BCUT2D eigenvalue weighted by Gasteiger charge is -2.10. The molecule has 19 heavy (non-hydrogen) atoms. The van der Waals surface area contributed by atoms with Crippen LogP contribution in [0.2, 0.25) is 0 Å². The molecule has 0 amide bonds. The van der Waals surface area contributed by atoms with E-state index in [1.54, 1.807) is 6.07 Å².